The summed E-state index contributed by atoms with van der Waals surface area (Å²) in [7, 11) is 1.71. The van der Waals surface area contributed by atoms with E-state index >= 15 is 0 Å². The molecule has 0 bridgehead atoms. The van der Waals surface area contributed by atoms with Crippen molar-refractivity contribution in [2.45, 2.75) is 6.54 Å². The van der Waals surface area contributed by atoms with E-state index in [0.29, 0.717) is 22.2 Å². The van der Waals surface area contributed by atoms with Gasteiger partial charge in [-0.3, -0.25) is 9.78 Å². The quantitative estimate of drug-likeness (QED) is 0.865. The molecule has 0 radical (unpaired) electrons. The second-order valence-corrected chi connectivity index (χ2v) is 4.92. The average molecular weight is 295 g/mol. The molecule has 0 aliphatic carbocycles. The van der Waals surface area contributed by atoms with E-state index in [1.807, 2.05) is 18.2 Å². The molecule has 0 N–H and O–H groups in total. The van der Waals surface area contributed by atoms with Gasteiger partial charge in [0.15, 0.2) is 0 Å². The first-order valence-corrected chi connectivity index (χ1v) is 6.43. The molecule has 3 nitrogen and oxygen atoms in total. The molecule has 2 aromatic rings. The second-order valence-electron chi connectivity index (χ2n) is 4.11. The van der Waals surface area contributed by atoms with Crippen LogP contribution in [0.2, 0.25) is 10.0 Å². The Hall–Kier alpha value is -1.58. The number of hydrogen-bond donors (Lipinski definition) is 0. The van der Waals surface area contributed by atoms with Crippen LogP contribution in [0.5, 0.6) is 0 Å². The summed E-state index contributed by atoms with van der Waals surface area (Å²) in [5, 5.41) is 0.987. The Morgan fingerprint density at radius 1 is 1.21 bits per heavy atom. The van der Waals surface area contributed by atoms with Gasteiger partial charge in [-0.05, 0) is 17.7 Å². The molecule has 5 heteroatoms. The first kappa shape index (κ1) is 13.8. The number of hydrogen-bond acceptors (Lipinski definition) is 2. The largest absolute Gasteiger partial charge is 0.337 e. The highest BCUT2D eigenvalue weighted by Gasteiger charge is 2.15. The van der Waals surface area contributed by atoms with Gasteiger partial charge < -0.3 is 4.90 Å². The molecule has 1 heterocycles. The molecule has 0 aliphatic heterocycles. The van der Waals surface area contributed by atoms with Gasteiger partial charge in [0, 0.05) is 31.0 Å². The van der Waals surface area contributed by atoms with Crippen LogP contribution in [-0.2, 0) is 6.54 Å². The summed E-state index contributed by atoms with van der Waals surface area (Å²) < 4.78 is 0. The second kappa shape index (κ2) is 6.04. The van der Waals surface area contributed by atoms with E-state index < -0.39 is 0 Å². The Morgan fingerprint density at radius 2 is 1.95 bits per heavy atom. The Bertz CT molecular complexity index is 602. The number of benzene rings is 1. The lowest BCUT2D eigenvalue weighted by Crippen LogP contribution is -2.26. The maximum Gasteiger partial charge on any atom is 0.255 e. The van der Waals surface area contributed by atoms with E-state index in [0.717, 1.165) is 5.56 Å². The van der Waals surface area contributed by atoms with Gasteiger partial charge in [0.05, 0.1) is 10.6 Å². The normalized spacial score (nSPS) is 10.3. The number of rotatable bonds is 3. The number of carbonyl (C=O) groups is 1. The summed E-state index contributed by atoms with van der Waals surface area (Å²) in [4.78, 5) is 17.7. The van der Waals surface area contributed by atoms with Crippen LogP contribution in [0.15, 0.2) is 42.7 Å². The lowest BCUT2D eigenvalue weighted by atomic mass is 10.2. The van der Waals surface area contributed by atoms with Gasteiger partial charge in [-0.2, -0.15) is 0 Å². The summed E-state index contributed by atoms with van der Waals surface area (Å²) in [6.07, 6.45) is 3.00. The first-order chi connectivity index (χ1) is 9.09. The van der Waals surface area contributed by atoms with Crippen molar-refractivity contribution >= 4 is 29.1 Å². The van der Waals surface area contributed by atoms with Gasteiger partial charge in [0.25, 0.3) is 5.91 Å². The molecule has 0 spiro atoms. The Labute approximate surface area is 121 Å². The third-order valence-corrected chi connectivity index (χ3v) is 3.38. The van der Waals surface area contributed by atoms with Crippen molar-refractivity contribution in [2.75, 3.05) is 7.05 Å². The highest BCUT2D eigenvalue weighted by molar-refractivity contribution is 6.33. The van der Waals surface area contributed by atoms with Crippen molar-refractivity contribution in [1.82, 2.24) is 9.88 Å². The fraction of sp³-hybridized carbons (Fsp3) is 0.143. The van der Waals surface area contributed by atoms with Crippen LogP contribution in [0.25, 0.3) is 0 Å². The number of pyridine rings is 1. The smallest absolute Gasteiger partial charge is 0.255 e. The van der Waals surface area contributed by atoms with Crippen molar-refractivity contribution in [3.8, 4) is 0 Å². The minimum Gasteiger partial charge on any atom is -0.337 e. The Kier molecular flexibility index (Phi) is 4.40. The monoisotopic (exact) mass is 294 g/mol. The maximum absolute atomic E-state index is 12.3. The standard InChI is InChI=1S/C14H12Cl2N2O/c1-18(9-10-4-2-3-5-12(10)15)14(19)11-6-7-17-8-13(11)16/h2-8H,9H2,1H3. The molecular weight excluding hydrogens is 283 g/mol. The van der Waals surface area contributed by atoms with E-state index in [-0.39, 0.29) is 5.91 Å². The van der Waals surface area contributed by atoms with Crippen LogP contribution in [0.3, 0.4) is 0 Å². The van der Waals surface area contributed by atoms with Crippen LogP contribution in [-0.4, -0.2) is 22.8 Å². The maximum atomic E-state index is 12.3. The number of amides is 1. The van der Waals surface area contributed by atoms with Crippen molar-refractivity contribution in [2.24, 2.45) is 0 Å². The van der Waals surface area contributed by atoms with E-state index in [1.165, 1.54) is 6.20 Å². The summed E-state index contributed by atoms with van der Waals surface area (Å²) >= 11 is 12.0. The van der Waals surface area contributed by atoms with E-state index in [4.69, 9.17) is 23.2 Å². The molecule has 0 saturated carbocycles. The van der Waals surface area contributed by atoms with Crippen molar-refractivity contribution in [1.29, 1.82) is 0 Å². The van der Waals surface area contributed by atoms with Crippen LogP contribution in [0, 0.1) is 0 Å². The Balaban J connectivity index is 2.17. The van der Waals surface area contributed by atoms with Crippen molar-refractivity contribution < 1.29 is 4.79 Å². The zero-order valence-corrected chi connectivity index (χ0v) is 11.8. The fourth-order valence-corrected chi connectivity index (χ4v) is 2.10. The molecule has 1 aromatic heterocycles. The lowest BCUT2D eigenvalue weighted by Gasteiger charge is -2.18. The topological polar surface area (TPSA) is 33.2 Å². The third-order valence-electron chi connectivity index (χ3n) is 2.71. The van der Waals surface area contributed by atoms with Gasteiger partial charge in [0.2, 0.25) is 0 Å². The number of carbonyl (C=O) groups excluding carboxylic acids is 1. The summed E-state index contributed by atoms with van der Waals surface area (Å²) in [5.41, 5.74) is 1.33. The Morgan fingerprint density at radius 3 is 2.63 bits per heavy atom. The summed E-state index contributed by atoms with van der Waals surface area (Å²) in [5.74, 6) is -0.160. The fourth-order valence-electron chi connectivity index (χ4n) is 1.71. The molecule has 98 valence electrons. The number of nitrogens with zero attached hydrogens (tertiary/aromatic N) is 2. The summed E-state index contributed by atoms with van der Waals surface area (Å²) in [6, 6.07) is 9.04. The van der Waals surface area contributed by atoms with Crippen LogP contribution in [0.1, 0.15) is 15.9 Å². The molecule has 0 unspecified atom stereocenters. The van der Waals surface area contributed by atoms with Crippen LogP contribution < -0.4 is 0 Å². The van der Waals surface area contributed by atoms with E-state index in [1.54, 1.807) is 30.3 Å². The molecule has 2 rings (SSSR count). The first-order valence-electron chi connectivity index (χ1n) is 5.68. The minimum atomic E-state index is -0.160. The van der Waals surface area contributed by atoms with Gasteiger partial charge in [-0.25, -0.2) is 0 Å². The molecule has 0 atom stereocenters. The van der Waals surface area contributed by atoms with Gasteiger partial charge in [-0.1, -0.05) is 41.4 Å². The highest BCUT2D eigenvalue weighted by atomic mass is 35.5. The molecule has 1 amide bonds. The number of aromatic nitrogens is 1. The lowest BCUT2D eigenvalue weighted by molar-refractivity contribution is 0.0785. The minimum absolute atomic E-state index is 0.160. The third kappa shape index (κ3) is 3.25. The molecule has 0 aliphatic rings. The molecular formula is C14H12Cl2N2O. The molecule has 1 aromatic carbocycles. The van der Waals surface area contributed by atoms with Gasteiger partial charge >= 0.3 is 0 Å². The van der Waals surface area contributed by atoms with Crippen LogP contribution >= 0.6 is 23.2 Å². The van der Waals surface area contributed by atoms with Crippen molar-refractivity contribution in [3.63, 3.8) is 0 Å². The zero-order valence-electron chi connectivity index (χ0n) is 10.3. The molecule has 0 saturated heterocycles. The van der Waals surface area contributed by atoms with E-state index in [2.05, 4.69) is 4.98 Å². The predicted molar refractivity (Wildman–Crippen MR) is 76.5 cm³/mol. The van der Waals surface area contributed by atoms with Gasteiger partial charge in [0.1, 0.15) is 0 Å². The highest BCUT2D eigenvalue weighted by Crippen LogP contribution is 2.19. The zero-order chi connectivity index (χ0) is 13.8. The van der Waals surface area contributed by atoms with Gasteiger partial charge in [-0.15, -0.1) is 0 Å². The van der Waals surface area contributed by atoms with E-state index in [9.17, 15) is 4.79 Å². The summed E-state index contributed by atoms with van der Waals surface area (Å²) in [6.45, 7) is 0.428. The van der Waals surface area contributed by atoms with Crippen LogP contribution in [0.4, 0.5) is 0 Å². The molecule has 0 fully saturated rings. The predicted octanol–water partition coefficient (Wildman–Crippen LogP) is 3.66. The molecule has 19 heavy (non-hydrogen) atoms. The average Bonchev–Trinajstić information content (AvgIpc) is 2.41. The number of halogens is 2. The van der Waals surface area contributed by atoms with Crippen molar-refractivity contribution in [3.05, 3.63) is 63.9 Å². The SMILES string of the molecule is CN(Cc1ccccc1Cl)C(=O)c1ccncc1Cl.